The number of amides is 1. The molecule has 20 heavy (non-hydrogen) atoms. The molecule has 0 aromatic heterocycles. The molecule has 1 aliphatic heterocycles. The Morgan fingerprint density at radius 1 is 1.15 bits per heavy atom. The third kappa shape index (κ3) is 2.73. The second kappa shape index (κ2) is 5.71. The van der Waals surface area contributed by atoms with Crippen molar-refractivity contribution in [2.75, 3.05) is 6.54 Å². The molecule has 0 fully saturated rings. The van der Waals surface area contributed by atoms with Gasteiger partial charge in [0, 0.05) is 29.2 Å². The quantitative estimate of drug-likeness (QED) is 0.912. The summed E-state index contributed by atoms with van der Waals surface area (Å²) in [5.41, 5.74) is 2.70. The molecule has 0 saturated heterocycles. The number of hydrogen-bond acceptors (Lipinski definition) is 2. The minimum Gasteiger partial charge on any atom is -0.356 e. The summed E-state index contributed by atoms with van der Waals surface area (Å²) in [6.07, 6.45) is 0.973. The summed E-state index contributed by atoms with van der Waals surface area (Å²) in [6, 6.07) is 17.1. The number of hydrogen-bond donors (Lipinski definition) is 1. The van der Waals surface area contributed by atoms with E-state index in [1.165, 1.54) is 20.9 Å². The van der Waals surface area contributed by atoms with Crippen molar-refractivity contribution in [2.24, 2.45) is 0 Å². The summed E-state index contributed by atoms with van der Waals surface area (Å²) in [4.78, 5) is 13.8. The van der Waals surface area contributed by atoms with Crippen molar-refractivity contribution in [3.63, 3.8) is 0 Å². The molecule has 1 atom stereocenters. The van der Waals surface area contributed by atoms with Gasteiger partial charge in [0.25, 0.3) is 0 Å². The molecule has 0 radical (unpaired) electrons. The van der Waals surface area contributed by atoms with Gasteiger partial charge in [-0.3, -0.25) is 4.79 Å². The summed E-state index contributed by atoms with van der Waals surface area (Å²) < 4.78 is 0. The van der Waals surface area contributed by atoms with E-state index >= 15 is 0 Å². The average molecular weight is 283 g/mol. The van der Waals surface area contributed by atoms with Gasteiger partial charge in [0.05, 0.1) is 0 Å². The van der Waals surface area contributed by atoms with Gasteiger partial charge in [-0.15, -0.1) is 0 Å². The van der Waals surface area contributed by atoms with Crippen molar-refractivity contribution >= 4 is 17.7 Å². The maximum Gasteiger partial charge on any atom is 0.216 e. The summed E-state index contributed by atoms with van der Waals surface area (Å²) in [7, 11) is 0. The molecule has 0 aliphatic carbocycles. The van der Waals surface area contributed by atoms with Gasteiger partial charge in [0.15, 0.2) is 0 Å². The fraction of sp³-hybridized carbons (Fsp3) is 0.235. The molecule has 3 heteroatoms. The van der Waals surface area contributed by atoms with E-state index in [4.69, 9.17) is 0 Å². The molecule has 0 unspecified atom stereocenters. The first-order chi connectivity index (χ1) is 9.74. The maximum atomic E-state index is 11.2. The van der Waals surface area contributed by atoms with Crippen molar-refractivity contribution in [3.05, 3.63) is 59.7 Å². The molecule has 2 nitrogen and oxygen atoms in total. The first kappa shape index (κ1) is 13.3. The molecule has 0 saturated carbocycles. The molecule has 2 aromatic rings. The monoisotopic (exact) mass is 283 g/mol. The van der Waals surface area contributed by atoms with Gasteiger partial charge in [0.2, 0.25) is 5.91 Å². The Kier molecular flexibility index (Phi) is 3.79. The first-order valence-electron chi connectivity index (χ1n) is 6.83. The van der Waals surface area contributed by atoms with Crippen LogP contribution in [0.2, 0.25) is 0 Å². The van der Waals surface area contributed by atoms with Crippen LogP contribution in [0.25, 0.3) is 0 Å². The first-order valence-corrected chi connectivity index (χ1v) is 7.65. The highest BCUT2D eigenvalue weighted by molar-refractivity contribution is 7.99. The van der Waals surface area contributed by atoms with Crippen LogP contribution < -0.4 is 5.32 Å². The van der Waals surface area contributed by atoms with Crippen LogP contribution in [-0.2, 0) is 11.2 Å². The highest BCUT2D eigenvalue weighted by atomic mass is 32.2. The molecular formula is C17H17NOS. The number of rotatable bonds is 2. The van der Waals surface area contributed by atoms with Crippen molar-refractivity contribution < 1.29 is 4.79 Å². The molecule has 2 aromatic carbocycles. The predicted octanol–water partition coefficient (Wildman–Crippen LogP) is 3.61. The van der Waals surface area contributed by atoms with E-state index in [1.807, 2.05) is 11.8 Å². The molecular weight excluding hydrogens is 266 g/mol. The Morgan fingerprint density at radius 3 is 2.65 bits per heavy atom. The molecule has 102 valence electrons. The SMILES string of the molecule is CC(=O)NC[C@H]1Cc2ccccc2Sc2ccccc21. The Labute approximate surface area is 123 Å². The van der Waals surface area contributed by atoms with Crippen LogP contribution in [0.3, 0.4) is 0 Å². The smallest absolute Gasteiger partial charge is 0.216 e. The Morgan fingerprint density at radius 2 is 1.85 bits per heavy atom. The molecule has 1 heterocycles. The molecule has 0 bridgehead atoms. The normalized spacial score (nSPS) is 16.8. The third-order valence-electron chi connectivity index (χ3n) is 3.62. The van der Waals surface area contributed by atoms with Crippen molar-refractivity contribution in [1.82, 2.24) is 5.32 Å². The summed E-state index contributed by atoms with van der Waals surface area (Å²) in [5.74, 6) is 0.374. The van der Waals surface area contributed by atoms with Gasteiger partial charge >= 0.3 is 0 Å². The van der Waals surface area contributed by atoms with Crippen LogP contribution >= 0.6 is 11.8 Å². The Bertz CT molecular complexity index is 638. The van der Waals surface area contributed by atoms with E-state index in [-0.39, 0.29) is 5.91 Å². The van der Waals surface area contributed by atoms with E-state index in [9.17, 15) is 4.79 Å². The van der Waals surface area contributed by atoms with Crippen LogP contribution in [0, 0.1) is 0 Å². The number of benzene rings is 2. The fourth-order valence-corrected chi connectivity index (χ4v) is 3.79. The molecule has 0 spiro atoms. The van der Waals surface area contributed by atoms with E-state index in [1.54, 1.807) is 6.92 Å². The van der Waals surface area contributed by atoms with Crippen LogP contribution in [0.15, 0.2) is 58.3 Å². The average Bonchev–Trinajstić information content (AvgIpc) is 2.61. The zero-order chi connectivity index (χ0) is 13.9. The van der Waals surface area contributed by atoms with Gasteiger partial charge in [-0.2, -0.15) is 0 Å². The molecule has 1 aliphatic rings. The number of fused-ring (bicyclic) bond motifs is 2. The fourth-order valence-electron chi connectivity index (χ4n) is 2.63. The molecule has 1 N–H and O–H groups in total. The topological polar surface area (TPSA) is 29.1 Å². The maximum absolute atomic E-state index is 11.2. The zero-order valence-electron chi connectivity index (χ0n) is 11.4. The number of nitrogens with one attached hydrogen (secondary N) is 1. The van der Waals surface area contributed by atoms with Crippen LogP contribution in [0.5, 0.6) is 0 Å². The highest BCUT2D eigenvalue weighted by Crippen LogP contribution is 2.41. The lowest BCUT2D eigenvalue weighted by molar-refractivity contribution is -0.119. The van der Waals surface area contributed by atoms with E-state index < -0.39 is 0 Å². The Hall–Kier alpha value is -1.74. The van der Waals surface area contributed by atoms with Crippen molar-refractivity contribution in [2.45, 2.75) is 29.1 Å². The highest BCUT2D eigenvalue weighted by Gasteiger charge is 2.22. The largest absolute Gasteiger partial charge is 0.356 e. The van der Waals surface area contributed by atoms with Gasteiger partial charge < -0.3 is 5.32 Å². The lowest BCUT2D eigenvalue weighted by Crippen LogP contribution is -2.27. The number of carbonyl (C=O) groups is 1. The third-order valence-corrected chi connectivity index (χ3v) is 4.82. The summed E-state index contributed by atoms with van der Waals surface area (Å²) >= 11 is 1.83. The lowest BCUT2D eigenvalue weighted by atomic mass is 9.92. The zero-order valence-corrected chi connectivity index (χ0v) is 12.2. The summed E-state index contributed by atoms with van der Waals surface area (Å²) in [6.45, 7) is 2.27. The van der Waals surface area contributed by atoms with Crippen LogP contribution in [-0.4, -0.2) is 12.5 Å². The van der Waals surface area contributed by atoms with E-state index in [0.717, 1.165) is 6.42 Å². The predicted molar refractivity (Wildman–Crippen MR) is 82.1 cm³/mol. The minimum atomic E-state index is 0.0349. The second-order valence-electron chi connectivity index (χ2n) is 5.09. The number of carbonyl (C=O) groups excluding carboxylic acids is 1. The van der Waals surface area contributed by atoms with E-state index in [2.05, 4.69) is 53.8 Å². The molecule has 1 amide bonds. The van der Waals surface area contributed by atoms with Gasteiger partial charge in [-0.05, 0) is 29.7 Å². The standard InChI is InChI=1S/C17H17NOS/c1-12(19)18-11-14-10-13-6-2-4-8-16(13)20-17-9-5-3-7-15(14)17/h2-9,14H,10-11H2,1H3,(H,18,19)/t14-/m1/s1. The van der Waals surface area contributed by atoms with Gasteiger partial charge in [-0.1, -0.05) is 48.2 Å². The van der Waals surface area contributed by atoms with Crippen LogP contribution in [0.4, 0.5) is 0 Å². The second-order valence-corrected chi connectivity index (χ2v) is 6.17. The van der Waals surface area contributed by atoms with Gasteiger partial charge in [0.1, 0.15) is 0 Å². The van der Waals surface area contributed by atoms with Crippen molar-refractivity contribution in [3.8, 4) is 0 Å². The minimum absolute atomic E-state index is 0.0349. The van der Waals surface area contributed by atoms with Gasteiger partial charge in [-0.25, -0.2) is 0 Å². The van der Waals surface area contributed by atoms with E-state index in [0.29, 0.717) is 12.5 Å². The lowest BCUT2D eigenvalue weighted by Gasteiger charge is -2.17. The summed E-state index contributed by atoms with van der Waals surface area (Å²) in [5, 5.41) is 2.97. The van der Waals surface area contributed by atoms with Crippen LogP contribution in [0.1, 0.15) is 24.0 Å². The Balaban J connectivity index is 1.99. The molecule has 3 rings (SSSR count). The van der Waals surface area contributed by atoms with Crippen molar-refractivity contribution in [1.29, 1.82) is 0 Å².